The molecule has 0 spiro atoms. The summed E-state index contributed by atoms with van der Waals surface area (Å²) in [6.45, 7) is -0.197. The van der Waals surface area contributed by atoms with Gasteiger partial charge in [0.15, 0.2) is 5.75 Å². The largest absolute Gasteiger partial charge is 0.710 e. The molecule has 0 aromatic heterocycles. The minimum Gasteiger partial charge on any atom is -0.507 e. The Balaban J connectivity index is 2.10. The summed E-state index contributed by atoms with van der Waals surface area (Å²) >= 11 is 0. The summed E-state index contributed by atoms with van der Waals surface area (Å²) in [4.78, 5) is 0. The van der Waals surface area contributed by atoms with Crippen LogP contribution in [0.2, 0.25) is 0 Å². The van der Waals surface area contributed by atoms with E-state index in [9.17, 15) is 27.0 Å². The van der Waals surface area contributed by atoms with Crippen molar-refractivity contribution in [1.82, 2.24) is 0 Å². The second-order valence-electron chi connectivity index (χ2n) is 4.12. The fraction of sp³-hybridized carbons (Fsp3) is 0.0769. The number of hydrogen-bond acceptors (Lipinski definition) is 3. The van der Waals surface area contributed by atoms with Gasteiger partial charge in [-0.15, -0.1) is 0 Å². The summed E-state index contributed by atoms with van der Waals surface area (Å²) in [5.41, 5.74) is 0.600. The lowest BCUT2D eigenvalue weighted by Crippen LogP contribution is -2.27. The Labute approximate surface area is 122 Å². The van der Waals surface area contributed by atoms with E-state index in [1.165, 1.54) is 0 Å². The van der Waals surface area contributed by atoms with E-state index in [0.717, 1.165) is 0 Å². The van der Waals surface area contributed by atoms with Gasteiger partial charge in [-0.2, -0.15) is 8.78 Å². The highest BCUT2D eigenvalue weighted by Crippen LogP contribution is 2.29. The van der Waals surface area contributed by atoms with Crippen molar-refractivity contribution in [2.75, 3.05) is 0 Å². The highest BCUT2D eigenvalue weighted by atomic mass is 19.2. The fourth-order valence-corrected chi connectivity index (χ4v) is 1.56. The molecule has 0 bridgehead atoms. The predicted octanol–water partition coefficient (Wildman–Crippen LogP) is 2.95. The minimum absolute atomic E-state index is 0.197. The van der Waals surface area contributed by atoms with Gasteiger partial charge in [0.25, 0.3) is 0 Å². The highest BCUT2D eigenvalue weighted by Gasteiger charge is 2.30. The Hall–Kier alpha value is -2.13. The van der Waals surface area contributed by atoms with Crippen molar-refractivity contribution in [3.05, 3.63) is 65.0 Å². The number of rotatable bonds is 5. The Morgan fingerprint density at radius 2 is 1.32 bits per heavy atom. The second kappa shape index (κ2) is 6.76. The summed E-state index contributed by atoms with van der Waals surface area (Å²) in [6, 6.07) is 8.34. The van der Waals surface area contributed by atoms with Crippen LogP contribution in [-0.2, 0) is 11.3 Å². The number of benzene rings is 2. The molecule has 0 aliphatic rings. The Kier molecular flexibility index (Phi) is 4.99. The molecule has 2 rings (SSSR count). The molecule has 3 nitrogen and oxygen atoms in total. The molecule has 2 aromatic rings. The van der Waals surface area contributed by atoms with Gasteiger partial charge in [0.2, 0.25) is 29.1 Å². The highest BCUT2D eigenvalue weighted by molar-refractivity contribution is 6.35. The van der Waals surface area contributed by atoms with Crippen molar-refractivity contribution in [2.45, 2.75) is 6.61 Å². The molecular formula is C13H8BF5O3. The number of halogens is 5. The van der Waals surface area contributed by atoms with Gasteiger partial charge < -0.3 is 14.3 Å². The van der Waals surface area contributed by atoms with Crippen LogP contribution >= 0.6 is 0 Å². The monoisotopic (exact) mass is 318 g/mol. The molecule has 9 heteroatoms. The minimum atomic E-state index is -2.32. The molecule has 0 amide bonds. The average molecular weight is 318 g/mol. The van der Waals surface area contributed by atoms with Gasteiger partial charge in [-0.3, -0.25) is 0 Å². The van der Waals surface area contributed by atoms with Crippen LogP contribution in [0.3, 0.4) is 0 Å². The topological polar surface area (TPSA) is 38.7 Å². The van der Waals surface area contributed by atoms with Crippen LogP contribution in [0.1, 0.15) is 5.56 Å². The molecule has 22 heavy (non-hydrogen) atoms. The zero-order valence-electron chi connectivity index (χ0n) is 10.8. The van der Waals surface area contributed by atoms with Crippen molar-refractivity contribution < 1.29 is 36.3 Å². The fourth-order valence-electron chi connectivity index (χ4n) is 1.56. The standard InChI is InChI=1S/C13H8BF5O3/c15-8-9(16)11(18)13(12(19)10(8)17)22-14(20)21-6-7-4-2-1-3-5-7/h1-5,20H,6H2. The molecule has 0 saturated carbocycles. The van der Waals surface area contributed by atoms with Crippen LogP contribution in [0.15, 0.2) is 30.3 Å². The zero-order valence-corrected chi connectivity index (χ0v) is 10.8. The summed E-state index contributed by atoms with van der Waals surface area (Å²) in [5, 5.41) is 9.35. The zero-order chi connectivity index (χ0) is 16.3. The van der Waals surface area contributed by atoms with Gasteiger partial charge in [0, 0.05) is 0 Å². The van der Waals surface area contributed by atoms with Gasteiger partial charge in [0.05, 0.1) is 6.61 Å². The first kappa shape index (κ1) is 16.2. The summed E-state index contributed by atoms with van der Waals surface area (Å²) in [6.07, 6.45) is 0. The van der Waals surface area contributed by atoms with E-state index < -0.39 is 42.2 Å². The van der Waals surface area contributed by atoms with E-state index in [-0.39, 0.29) is 6.61 Å². The first-order valence-electron chi connectivity index (χ1n) is 5.93. The first-order valence-corrected chi connectivity index (χ1v) is 5.93. The third-order valence-electron chi connectivity index (χ3n) is 2.62. The van der Waals surface area contributed by atoms with Crippen LogP contribution < -0.4 is 4.65 Å². The van der Waals surface area contributed by atoms with Crippen molar-refractivity contribution in [3.8, 4) is 5.75 Å². The van der Waals surface area contributed by atoms with Crippen molar-refractivity contribution in [2.24, 2.45) is 0 Å². The maximum Gasteiger partial charge on any atom is 0.710 e. The maximum absolute atomic E-state index is 13.3. The molecule has 0 saturated heterocycles. The van der Waals surface area contributed by atoms with E-state index in [0.29, 0.717) is 5.56 Å². The van der Waals surface area contributed by atoms with E-state index in [4.69, 9.17) is 4.65 Å². The lowest BCUT2D eigenvalue weighted by molar-refractivity contribution is 0.177. The van der Waals surface area contributed by atoms with Crippen molar-refractivity contribution in [3.63, 3.8) is 0 Å². The van der Waals surface area contributed by atoms with Gasteiger partial charge in [-0.05, 0) is 5.56 Å². The molecule has 0 atom stereocenters. The average Bonchev–Trinajstić information content (AvgIpc) is 2.54. The maximum atomic E-state index is 13.3. The van der Waals surface area contributed by atoms with Crippen LogP contribution in [0, 0.1) is 29.1 Å². The lowest BCUT2D eigenvalue weighted by Gasteiger charge is -2.12. The predicted molar refractivity (Wildman–Crippen MR) is 66.1 cm³/mol. The Bertz CT molecular complexity index is 639. The van der Waals surface area contributed by atoms with Crippen molar-refractivity contribution >= 4 is 7.32 Å². The molecule has 2 aromatic carbocycles. The van der Waals surface area contributed by atoms with E-state index in [1.54, 1.807) is 30.3 Å². The second-order valence-corrected chi connectivity index (χ2v) is 4.12. The molecule has 0 aliphatic carbocycles. The summed E-state index contributed by atoms with van der Waals surface area (Å²) < 4.78 is 74.3. The van der Waals surface area contributed by atoms with Crippen molar-refractivity contribution in [1.29, 1.82) is 0 Å². The quantitative estimate of drug-likeness (QED) is 0.399. The normalized spacial score (nSPS) is 10.6. The molecule has 0 heterocycles. The summed E-state index contributed by atoms with van der Waals surface area (Å²) in [5.74, 6) is -12.7. The molecule has 0 radical (unpaired) electrons. The SMILES string of the molecule is OB(OCc1ccccc1)Oc1c(F)c(F)c(F)c(F)c1F. The van der Waals surface area contributed by atoms with Gasteiger partial charge in [-0.25, -0.2) is 13.2 Å². The van der Waals surface area contributed by atoms with Gasteiger partial charge >= 0.3 is 7.32 Å². The molecule has 0 fully saturated rings. The smallest absolute Gasteiger partial charge is 0.507 e. The first-order chi connectivity index (χ1) is 10.4. The third-order valence-corrected chi connectivity index (χ3v) is 2.62. The molecule has 0 unspecified atom stereocenters. The molecular weight excluding hydrogens is 310 g/mol. The van der Waals surface area contributed by atoms with Gasteiger partial charge in [-0.1, -0.05) is 30.3 Å². The number of hydrogen-bond donors (Lipinski definition) is 1. The summed E-state index contributed by atoms with van der Waals surface area (Å²) in [7, 11) is -2.21. The van der Waals surface area contributed by atoms with E-state index >= 15 is 0 Å². The van der Waals surface area contributed by atoms with Crippen LogP contribution in [-0.4, -0.2) is 12.3 Å². The van der Waals surface area contributed by atoms with E-state index in [2.05, 4.69) is 4.65 Å². The molecule has 1 N–H and O–H groups in total. The lowest BCUT2D eigenvalue weighted by atomic mass is 10.2. The molecule has 0 aliphatic heterocycles. The Morgan fingerprint density at radius 1 is 0.818 bits per heavy atom. The van der Waals surface area contributed by atoms with Crippen LogP contribution in [0.4, 0.5) is 22.0 Å². The molecule has 116 valence electrons. The third kappa shape index (κ3) is 3.37. The van der Waals surface area contributed by atoms with Crippen LogP contribution in [0.5, 0.6) is 5.75 Å². The Morgan fingerprint density at radius 3 is 1.86 bits per heavy atom. The van der Waals surface area contributed by atoms with E-state index in [1.807, 2.05) is 0 Å². The van der Waals surface area contributed by atoms with Gasteiger partial charge in [0.1, 0.15) is 0 Å². The van der Waals surface area contributed by atoms with Crippen LogP contribution in [0.25, 0.3) is 0 Å².